The molecule has 1 saturated heterocycles. The van der Waals surface area contributed by atoms with Gasteiger partial charge in [0.25, 0.3) is 12.4 Å². The molecule has 12 nitrogen and oxygen atoms in total. The molecule has 15 heteroatoms. The zero-order chi connectivity index (χ0) is 36.3. The summed E-state index contributed by atoms with van der Waals surface area (Å²) in [6.45, 7) is 1.55. The lowest BCUT2D eigenvalue weighted by Crippen LogP contribution is -2.42. The number of alkyl halides is 3. The average Bonchev–Trinajstić information content (AvgIpc) is 3.13. The Hall–Kier alpha value is -5.98. The fraction of sp³-hybridized carbons (Fsp3) is 0.229. The molecule has 2 aromatic heterocycles. The van der Waals surface area contributed by atoms with E-state index in [1.807, 2.05) is 29.2 Å². The topological polar surface area (TPSA) is 181 Å². The molecule has 0 spiro atoms. The number of phenols is 1. The lowest BCUT2D eigenvalue weighted by Gasteiger charge is -2.34. The molecule has 0 bridgehead atoms. The number of piperidine rings is 1. The number of hydrogen-bond acceptors (Lipinski definition) is 10. The first kappa shape index (κ1) is 36.8. The second kappa shape index (κ2) is 16.9. The number of methoxy groups -OCH3 is 1. The van der Waals surface area contributed by atoms with Crippen LogP contribution >= 0.6 is 0 Å². The molecular weight excluding hydrogens is 657 g/mol. The van der Waals surface area contributed by atoms with Gasteiger partial charge in [0.05, 0.1) is 7.11 Å². The molecule has 50 heavy (non-hydrogen) atoms. The minimum absolute atomic E-state index is 0.140. The molecule has 5 N–H and O–H groups in total. The number of nitriles is 1. The number of aromatic hydroxyl groups is 1. The molecule has 5 rings (SSSR count). The Balaban J connectivity index is 0.00000181. The van der Waals surface area contributed by atoms with Crippen molar-refractivity contribution in [1.82, 2.24) is 20.8 Å². The van der Waals surface area contributed by atoms with Crippen LogP contribution in [0.15, 0.2) is 73.1 Å². The van der Waals surface area contributed by atoms with Crippen molar-refractivity contribution in [3.05, 3.63) is 95.5 Å². The van der Waals surface area contributed by atoms with Crippen molar-refractivity contribution in [1.29, 1.82) is 5.26 Å². The number of benzene rings is 2. The average molecular weight is 691 g/mol. The molecule has 260 valence electrons. The fourth-order valence-corrected chi connectivity index (χ4v) is 5.45. The number of phenolic OH excluding ortho intramolecular Hbond substituents is 1. The van der Waals surface area contributed by atoms with E-state index in [1.165, 1.54) is 25.3 Å². The number of ether oxygens (including phenoxy) is 1. The van der Waals surface area contributed by atoms with Crippen molar-refractivity contribution in [2.24, 2.45) is 0 Å². The molecule has 3 heterocycles. The summed E-state index contributed by atoms with van der Waals surface area (Å²) in [7, 11) is 1.41. The van der Waals surface area contributed by atoms with Crippen molar-refractivity contribution in [3.8, 4) is 39.8 Å². The van der Waals surface area contributed by atoms with Crippen molar-refractivity contribution in [2.45, 2.75) is 31.6 Å². The fourth-order valence-electron chi connectivity index (χ4n) is 5.45. The van der Waals surface area contributed by atoms with E-state index < -0.39 is 17.8 Å². The zero-order valence-electron chi connectivity index (χ0n) is 26.7. The number of hydrogen-bond donors (Lipinski definition) is 5. The minimum Gasteiger partial charge on any atom is -0.504 e. The van der Waals surface area contributed by atoms with E-state index in [4.69, 9.17) is 19.8 Å². The Morgan fingerprint density at radius 3 is 2.32 bits per heavy atom. The second-order valence-electron chi connectivity index (χ2n) is 11.0. The third-order valence-corrected chi connectivity index (χ3v) is 7.91. The van der Waals surface area contributed by atoms with E-state index in [0.29, 0.717) is 47.7 Å². The summed E-state index contributed by atoms with van der Waals surface area (Å²) < 4.78 is 45.0. The van der Waals surface area contributed by atoms with Gasteiger partial charge in [-0.2, -0.15) is 18.4 Å². The predicted molar refractivity (Wildman–Crippen MR) is 177 cm³/mol. The molecule has 1 fully saturated rings. The maximum atomic E-state index is 13.3. The van der Waals surface area contributed by atoms with Crippen LogP contribution in [0.2, 0.25) is 0 Å². The normalized spacial score (nSPS) is 13.2. The van der Waals surface area contributed by atoms with Crippen LogP contribution in [0.3, 0.4) is 0 Å². The highest BCUT2D eigenvalue weighted by molar-refractivity contribution is 5.91. The van der Waals surface area contributed by atoms with E-state index in [-0.39, 0.29) is 29.6 Å². The number of nitrogens with zero attached hydrogens (tertiary/aromatic N) is 4. The number of amides is 1. The second-order valence-corrected chi connectivity index (χ2v) is 11.0. The molecule has 0 atom stereocenters. The van der Waals surface area contributed by atoms with Crippen molar-refractivity contribution in [2.75, 3.05) is 25.1 Å². The molecule has 0 radical (unpaired) electrons. The highest BCUT2D eigenvalue weighted by Gasteiger charge is 2.33. The maximum absolute atomic E-state index is 13.3. The number of nitrogens with one attached hydrogen (secondary N) is 2. The van der Waals surface area contributed by atoms with E-state index in [1.54, 1.807) is 29.9 Å². The number of anilines is 1. The van der Waals surface area contributed by atoms with Gasteiger partial charge in [0.15, 0.2) is 11.5 Å². The molecular formula is C35H33F3N6O6. The monoisotopic (exact) mass is 690 g/mol. The highest BCUT2D eigenvalue weighted by atomic mass is 19.4. The standard InChI is InChI=1S/C34H31F3N6O4.CH2O2/c1-47-29-9-7-23(16-28(29)44)27-20-41-33(26(17-38)32(27)24-8-10-30(40-19-24)34(35,36)37)43-14-12-25(13-15-43)39-18-22-4-2-21(3-5-22)6-11-31(45)42-46;2-1-3/h2-11,16,19-20,25,39,44,46H,12-15,18H2,1H3,(H,42,45);1H,(H,2,3)/b11-6+;. The summed E-state index contributed by atoms with van der Waals surface area (Å²) in [4.78, 5) is 29.8. The number of halogens is 3. The summed E-state index contributed by atoms with van der Waals surface area (Å²) in [5.41, 5.74) is 4.16. The SMILES string of the molecule is COc1ccc(-c2cnc(N3CCC(NCc4ccc(/C=C/C(=O)NO)cc4)CC3)c(C#N)c2-c2ccc(C(F)(F)F)nc2)cc1O.O=CO. The van der Waals surface area contributed by atoms with Gasteiger partial charge in [-0.25, -0.2) is 10.5 Å². The highest BCUT2D eigenvalue weighted by Crippen LogP contribution is 2.41. The molecule has 0 aliphatic carbocycles. The number of aromatic nitrogens is 2. The van der Waals surface area contributed by atoms with Crippen LogP contribution in [0.25, 0.3) is 28.3 Å². The number of hydroxylamine groups is 1. The number of carbonyl (C=O) groups is 2. The Bertz CT molecular complexity index is 1850. The minimum atomic E-state index is -4.62. The molecule has 0 unspecified atom stereocenters. The van der Waals surface area contributed by atoms with Gasteiger partial charge in [0, 0.05) is 60.8 Å². The Kier molecular flexibility index (Phi) is 12.5. The lowest BCUT2D eigenvalue weighted by atomic mass is 9.92. The maximum Gasteiger partial charge on any atom is 0.433 e. The van der Waals surface area contributed by atoms with Crippen LogP contribution in [-0.2, 0) is 22.3 Å². The van der Waals surface area contributed by atoms with E-state index in [2.05, 4.69) is 21.4 Å². The summed E-state index contributed by atoms with van der Waals surface area (Å²) in [5.74, 6) is -0.0909. The quantitative estimate of drug-likeness (QED) is 0.0657. The Labute approximate surface area is 285 Å². The van der Waals surface area contributed by atoms with Gasteiger partial charge in [0.2, 0.25) is 0 Å². The predicted octanol–water partition coefficient (Wildman–Crippen LogP) is 5.39. The van der Waals surface area contributed by atoms with Crippen molar-refractivity contribution in [3.63, 3.8) is 0 Å². The van der Waals surface area contributed by atoms with Crippen LogP contribution in [0, 0.1) is 11.3 Å². The first-order valence-corrected chi connectivity index (χ1v) is 15.1. The van der Waals surface area contributed by atoms with Gasteiger partial charge in [-0.3, -0.25) is 19.8 Å². The van der Waals surface area contributed by atoms with Gasteiger partial charge < -0.3 is 25.2 Å². The zero-order valence-corrected chi connectivity index (χ0v) is 26.7. The van der Waals surface area contributed by atoms with Crippen molar-refractivity contribution < 1.29 is 42.9 Å². The van der Waals surface area contributed by atoms with Crippen LogP contribution in [0.1, 0.15) is 35.2 Å². The molecule has 1 aliphatic rings. The molecule has 1 amide bonds. The number of pyridine rings is 2. The number of rotatable bonds is 9. The van der Waals surface area contributed by atoms with Crippen LogP contribution in [-0.4, -0.2) is 64.0 Å². The Morgan fingerprint density at radius 1 is 1.08 bits per heavy atom. The molecule has 0 saturated carbocycles. The van der Waals surface area contributed by atoms with Gasteiger partial charge in [-0.05, 0) is 53.8 Å². The van der Waals surface area contributed by atoms with E-state index in [9.17, 15) is 28.3 Å². The molecule has 2 aromatic carbocycles. The largest absolute Gasteiger partial charge is 0.504 e. The smallest absolute Gasteiger partial charge is 0.433 e. The van der Waals surface area contributed by atoms with E-state index >= 15 is 0 Å². The van der Waals surface area contributed by atoms with E-state index in [0.717, 1.165) is 36.2 Å². The van der Waals surface area contributed by atoms with Crippen LogP contribution < -0.4 is 20.4 Å². The summed E-state index contributed by atoms with van der Waals surface area (Å²) in [5, 5.41) is 39.9. The van der Waals surface area contributed by atoms with Gasteiger partial charge in [-0.1, -0.05) is 36.4 Å². The molecule has 1 aliphatic heterocycles. The number of carbonyl (C=O) groups excluding carboxylic acids is 1. The first-order chi connectivity index (χ1) is 24.0. The summed E-state index contributed by atoms with van der Waals surface area (Å²) in [6, 6.07) is 16.9. The lowest BCUT2D eigenvalue weighted by molar-refractivity contribution is -0.141. The summed E-state index contributed by atoms with van der Waals surface area (Å²) in [6.07, 6.45) is 2.38. The van der Waals surface area contributed by atoms with Gasteiger partial charge in [-0.15, -0.1) is 0 Å². The summed E-state index contributed by atoms with van der Waals surface area (Å²) >= 11 is 0. The third-order valence-electron chi connectivity index (χ3n) is 7.91. The number of carboxylic acid groups (broad SMARTS) is 1. The Morgan fingerprint density at radius 2 is 1.76 bits per heavy atom. The third kappa shape index (κ3) is 9.13. The van der Waals surface area contributed by atoms with Gasteiger partial charge >= 0.3 is 6.18 Å². The first-order valence-electron chi connectivity index (χ1n) is 15.1. The van der Waals surface area contributed by atoms with Crippen LogP contribution in [0.5, 0.6) is 11.5 Å². The van der Waals surface area contributed by atoms with Crippen LogP contribution in [0.4, 0.5) is 19.0 Å². The molecule has 4 aromatic rings. The van der Waals surface area contributed by atoms with Crippen molar-refractivity contribution >= 4 is 24.3 Å². The van der Waals surface area contributed by atoms with Gasteiger partial charge in [0.1, 0.15) is 23.1 Å².